The highest BCUT2D eigenvalue weighted by Crippen LogP contribution is 2.14. The average Bonchev–Trinajstić information content (AvgIpc) is 1.61. The molecule has 0 fully saturated rings. The maximum absolute atomic E-state index is 11.3. The monoisotopic (exact) mass is 280 g/mol. The molecular weight excluding hydrogens is 274 g/mol. The van der Waals surface area contributed by atoms with E-state index in [0.717, 1.165) is 6.42 Å². The molecule has 0 radical (unpaired) electrons. The third-order valence-corrected chi connectivity index (χ3v) is 1.64. The fourth-order valence-corrected chi connectivity index (χ4v) is 0.996. The van der Waals surface area contributed by atoms with Gasteiger partial charge in [-0.3, -0.25) is 4.39 Å². The Balaban J connectivity index is 2.68. The van der Waals surface area contributed by atoms with Gasteiger partial charge in [0.15, 0.2) is 0 Å². The number of alkyl halides is 3. The predicted molar refractivity (Wildman–Crippen MR) is 41.9 cm³/mol. The molecule has 0 amide bonds. The van der Waals surface area contributed by atoms with Crippen LogP contribution in [0.5, 0.6) is 0 Å². The van der Waals surface area contributed by atoms with Gasteiger partial charge in [0, 0.05) is 0 Å². The zero-order valence-electron chi connectivity index (χ0n) is 3.83. The Bertz CT molecular complexity index is 40.7. The van der Waals surface area contributed by atoms with Gasteiger partial charge in [-0.15, -0.1) is 0 Å². The smallest absolute Gasteiger partial charge is 0.0895 e. The van der Waals surface area contributed by atoms with Gasteiger partial charge in [0.05, 0.1) is 9.51 Å². The fourth-order valence-electron chi connectivity index (χ4n) is 0.231. The highest BCUT2D eigenvalue weighted by molar-refractivity contribution is 14.1. The van der Waals surface area contributed by atoms with Crippen LogP contribution in [0.25, 0.3) is 0 Å². The van der Waals surface area contributed by atoms with Crippen LogP contribution in [0.2, 0.25) is 0 Å². The van der Waals surface area contributed by atoms with Gasteiger partial charge in [0.1, 0.15) is 0 Å². The molecule has 0 nitrogen and oxygen atoms in total. The summed E-state index contributed by atoms with van der Waals surface area (Å²) in [6.45, 7) is -0.189. The fraction of sp³-hybridized carbons (Fsp3) is 1.00. The van der Waals surface area contributed by atoms with Crippen LogP contribution in [0, 0.1) is 0 Å². The lowest BCUT2D eigenvalue weighted by Crippen LogP contribution is -1.84. The molecule has 44 valence electrons. The van der Waals surface area contributed by atoms with Crippen LogP contribution in [-0.4, -0.2) is 9.51 Å². The van der Waals surface area contributed by atoms with E-state index in [0.29, 0.717) is 9.25 Å². The second-order valence-corrected chi connectivity index (χ2v) is 5.54. The average molecular weight is 281 g/mol. The highest BCUT2D eigenvalue weighted by atomic mass is 127. The molecule has 0 saturated carbocycles. The molecule has 7 heavy (non-hydrogen) atoms. The molecule has 3 heteroatoms. The van der Waals surface area contributed by atoms with Crippen molar-refractivity contribution in [3.8, 4) is 0 Å². The van der Waals surface area contributed by atoms with Crippen LogP contribution in [0.4, 0.5) is 4.39 Å². The van der Waals surface area contributed by atoms with Crippen molar-refractivity contribution in [2.45, 2.75) is 15.7 Å². The van der Waals surface area contributed by atoms with Crippen molar-refractivity contribution >= 4 is 38.5 Å². The first kappa shape index (κ1) is 8.14. The summed E-state index contributed by atoms with van der Waals surface area (Å²) in [4.78, 5) is 0. The Morgan fingerprint density at radius 1 is 1.71 bits per heavy atom. The Kier molecular flexibility index (Phi) is 6.14. The highest BCUT2D eigenvalue weighted by Gasteiger charge is 1.94. The minimum atomic E-state index is -0.189. The molecule has 0 aliphatic heterocycles. The van der Waals surface area contributed by atoms with E-state index in [9.17, 15) is 4.39 Å². The molecule has 0 aromatic rings. The van der Waals surface area contributed by atoms with E-state index in [4.69, 9.17) is 0 Å². The number of hydrogen-bond donors (Lipinski definition) is 0. The van der Waals surface area contributed by atoms with E-state index in [2.05, 4.69) is 38.5 Å². The first-order valence-electron chi connectivity index (χ1n) is 2.11. The molecule has 0 aromatic heterocycles. The molecule has 1 unspecified atom stereocenters. The topological polar surface area (TPSA) is 0 Å². The third-order valence-electron chi connectivity index (χ3n) is 0.556. The molecule has 0 aliphatic carbocycles. The minimum absolute atomic E-state index is 0.189. The van der Waals surface area contributed by atoms with Crippen LogP contribution in [0.3, 0.4) is 0 Å². The number of rotatable bonds is 3. The van der Waals surface area contributed by atoms with Crippen LogP contribution in [0.1, 0.15) is 12.8 Å². The summed E-state index contributed by atoms with van der Waals surface area (Å²) in [6.07, 6.45) is 1.61. The van der Waals surface area contributed by atoms with Crippen molar-refractivity contribution in [1.29, 1.82) is 0 Å². The zero-order valence-corrected chi connectivity index (χ0v) is 7.58. The first-order chi connectivity index (χ1) is 3.27. The second kappa shape index (κ2) is 5.28. The Morgan fingerprint density at radius 3 is 2.43 bits per heavy atom. The molecule has 0 rings (SSSR count). The summed E-state index contributed by atoms with van der Waals surface area (Å²) in [5, 5.41) is 0. The molecule has 0 bridgehead atoms. The van der Waals surface area contributed by atoms with Crippen LogP contribution >= 0.6 is 38.5 Å². The summed E-state index contributed by atoms with van der Waals surface area (Å²) in [6, 6.07) is 0. The Hall–Kier alpha value is 1.14. The number of halogens is 3. The largest absolute Gasteiger partial charge is 0.251 e. The quantitative estimate of drug-likeness (QED) is 0.551. The standard InChI is InChI=1S/C4H7BrFI/c5-4(7)2-1-3-6/h4H,1-3H2. The Morgan fingerprint density at radius 2 is 2.29 bits per heavy atom. The van der Waals surface area contributed by atoms with Crippen molar-refractivity contribution in [3.05, 3.63) is 0 Å². The van der Waals surface area contributed by atoms with Gasteiger partial charge in [0.25, 0.3) is 0 Å². The number of hydrogen-bond acceptors (Lipinski definition) is 0. The first-order valence-corrected chi connectivity index (χ1v) is 4.27. The van der Waals surface area contributed by atoms with Crippen molar-refractivity contribution in [1.82, 2.24) is 0 Å². The SMILES string of the molecule is FCCCC(Br)I. The van der Waals surface area contributed by atoms with E-state index in [1.165, 1.54) is 0 Å². The second-order valence-electron chi connectivity index (χ2n) is 1.22. The maximum Gasteiger partial charge on any atom is 0.0895 e. The molecule has 0 N–H and O–H groups in total. The van der Waals surface area contributed by atoms with Gasteiger partial charge < -0.3 is 0 Å². The molecule has 0 aromatic carbocycles. The summed E-state index contributed by atoms with van der Waals surface area (Å²) < 4.78 is 11.8. The lowest BCUT2D eigenvalue weighted by molar-refractivity contribution is 0.469. The predicted octanol–water partition coefficient (Wildman–Crippen LogP) is 2.89. The molecule has 1 atom stereocenters. The van der Waals surface area contributed by atoms with Gasteiger partial charge in [-0.05, 0) is 12.8 Å². The van der Waals surface area contributed by atoms with Crippen LogP contribution in [0.15, 0.2) is 0 Å². The molecule has 0 saturated heterocycles. The van der Waals surface area contributed by atoms with Crippen LogP contribution < -0.4 is 0 Å². The normalized spacial score (nSPS) is 14.1. The Labute approximate surface area is 65.1 Å². The van der Waals surface area contributed by atoms with E-state index >= 15 is 0 Å². The molecule has 0 heterocycles. The maximum atomic E-state index is 11.3. The van der Waals surface area contributed by atoms with Gasteiger partial charge in [-0.25, -0.2) is 0 Å². The van der Waals surface area contributed by atoms with Gasteiger partial charge in [-0.1, -0.05) is 38.5 Å². The van der Waals surface area contributed by atoms with E-state index in [1.54, 1.807) is 0 Å². The van der Waals surface area contributed by atoms with Gasteiger partial charge in [0.2, 0.25) is 0 Å². The lowest BCUT2D eigenvalue weighted by atomic mass is 10.4. The van der Waals surface area contributed by atoms with E-state index < -0.39 is 0 Å². The van der Waals surface area contributed by atoms with Crippen molar-refractivity contribution in [2.24, 2.45) is 0 Å². The van der Waals surface area contributed by atoms with Crippen LogP contribution in [-0.2, 0) is 0 Å². The summed E-state index contributed by atoms with van der Waals surface area (Å²) in [7, 11) is 0. The minimum Gasteiger partial charge on any atom is -0.251 e. The lowest BCUT2D eigenvalue weighted by Gasteiger charge is -1.93. The van der Waals surface area contributed by atoms with Gasteiger partial charge >= 0.3 is 0 Å². The summed E-state index contributed by atoms with van der Waals surface area (Å²) in [5.41, 5.74) is 0. The van der Waals surface area contributed by atoms with E-state index in [-0.39, 0.29) is 6.67 Å². The molecule has 0 aliphatic rings. The molecule has 0 spiro atoms. The van der Waals surface area contributed by atoms with Crippen molar-refractivity contribution in [2.75, 3.05) is 6.67 Å². The molecular formula is C4H7BrFI. The van der Waals surface area contributed by atoms with E-state index in [1.807, 2.05) is 0 Å². The summed E-state index contributed by atoms with van der Waals surface area (Å²) >= 11 is 5.51. The zero-order chi connectivity index (χ0) is 5.70. The summed E-state index contributed by atoms with van der Waals surface area (Å²) in [5.74, 6) is 0. The van der Waals surface area contributed by atoms with Crippen molar-refractivity contribution in [3.63, 3.8) is 0 Å². The van der Waals surface area contributed by atoms with Gasteiger partial charge in [-0.2, -0.15) is 0 Å². The van der Waals surface area contributed by atoms with Crippen molar-refractivity contribution < 1.29 is 4.39 Å². The third kappa shape index (κ3) is 7.14.